The Bertz CT molecular complexity index is 833. The smallest absolute Gasteiger partial charge is 0.255 e. The first-order chi connectivity index (χ1) is 11.0. The Morgan fingerprint density at radius 2 is 1.92 bits per heavy atom. The van der Waals surface area contributed by atoms with Crippen molar-refractivity contribution in [1.82, 2.24) is 9.29 Å². The summed E-state index contributed by atoms with van der Waals surface area (Å²) < 4.78 is 64.7. The normalized spacial score (nSPS) is 13.2. The zero-order chi connectivity index (χ0) is 18.1. The van der Waals surface area contributed by atoms with Gasteiger partial charge in [-0.3, -0.25) is 4.98 Å². The van der Waals surface area contributed by atoms with E-state index in [1.54, 1.807) is 26.0 Å². The molecule has 0 aliphatic carbocycles. The highest BCUT2D eigenvalue weighted by Crippen LogP contribution is 2.28. The number of benzene rings is 1. The number of hydrogen-bond donors (Lipinski definition) is 0. The second kappa shape index (κ2) is 6.68. The van der Waals surface area contributed by atoms with E-state index in [4.69, 9.17) is 0 Å². The summed E-state index contributed by atoms with van der Waals surface area (Å²) in [5.74, 6) is -0.243. The van der Waals surface area contributed by atoms with Crippen molar-refractivity contribution in [2.75, 3.05) is 13.1 Å². The van der Waals surface area contributed by atoms with Crippen LogP contribution in [0.1, 0.15) is 19.4 Å². The summed E-state index contributed by atoms with van der Waals surface area (Å²) in [5, 5.41) is 0.576. The third-order valence-corrected chi connectivity index (χ3v) is 5.20. The molecule has 0 amide bonds. The molecule has 0 atom stereocenters. The second-order valence-corrected chi connectivity index (χ2v) is 8.05. The quantitative estimate of drug-likeness (QED) is 0.816. The maximum absolute atomic E-state index is 12.8. The van der Waals surface area contributed by atoms with Crippen LogP contribution in [0.4, 0.5) is 13.2 Å². The molecule has 1 aromatic carbocycles. The van der Waals surface area contributed by atoms with Crippen molar-refractivity contribution < 1.29 is 21.6 Å². The molecule has 0 bridgehead atoms. The van der Waals surface area contributed by atoms with E-state index in [0.717, 1.165) is 5.56 Å². The number of hydrogen-bond acceptors (Lipinski definition) is 3. The summed E-state index contributed by atoms with van der Waals surface area (Å²) >= 11 is 0. The molecular formula is C16H19F3N2O2S. The van der Waals surface area contributed by atoms with E-state index < -0.39 is 22.7 Å². The van der Waals surface area contributed by atoms with Crippen molar-refractivity contribution in [3.05, 3.63) is 36.0 Å². The minimum Gasteiger partial charge on any atom is -0.255 e. The lowest BCUT2D eigenvalue weighted by Gasteiger charge is -2.25. The zero-order valence-electron chi connectivity index (χ0n) is 13.6. The first kappa shape index (κ1) is 18.7. The number of alkyl halides is 3. The SMILES string of the molecule is Cc1cnc2c(S(=O)(=O)N(CC(C)C)CC(F)(F)F)cccc2c1. The fraction of sp³-hybridized carbons (Fsp3) is 0.438. The van der Waals surface area contributed by atoms with Crippen LogP contribution in [0.15, 0.2) is 35.4 Å². The maximum atomic E-state index is 12.8. The van der Waals surface area contributed by atoms with Crippen LogP contribution in [0.5, 0.6) is 0 Å². The van der Waals surface area contributed by atoms with Crippen molar-refractivity contribution in [2.24, 2.45) is 5.92 Å². The fourth-order valence-corrected chi connectivity index (χ4v) is 4.20. The molecule has 2 aromatic rings. The molecule has 4 nitrogen and oxygen atoms in total. The number of aromatic nitrogens is 1. The molecule has 0 radical (unpaired) electrons. The lowest BCUT2D eigenvalue weighted by molar-refractivity contribution is -0.136. The van der Waals surface area contributed by atoms with Gasteiger partial charge in [-0.05, 0) is 30.5 Å². The highest BCUT2D eigenvalue weighted by atomic mass is 32.2. The highest BCUT2D eigenvalue weighted by Gasteiger charge is 2.38. The number of aryl methyl sites for hydroxylation is 1. The Labute approximate surface area is 139 Å². The van der Waals surface area contributed by atoms with Gasteiger partial charge in [0, 0.05) is 18.1 Å². The van der Waals surface area contributed by atoms with Gasteiger partial charge < -0.3 is 0 Å². The van der Waals surface area contributed by atoms with Gasteiger partial charge in [0.25, 0.3) is 0 Å². The summed E-state index contributed by atoms with van der Waals surface area (Å²) in [6.45, 7) is 3.41. The van der Waals surface area contributed by atoms with E-state index in [1.807, 2.05) is 6.92 Å². The van der Waals surface area contributed by atoms with Crippen LogP contribution in [0.25, 0.3) is 10.9 Å². The van der Waals surface area contributed by atoms with Crippen LogP contribution < -0.4 is 0 Å². The van der Waals surface area contributed by atoms with E-state index in [0.29, 0.717) is 9.69 Å². The van der Waals surface area contributed by atoms with Gasteiger partial charge in [-0.25, -0.2) is 8.42 Å². The molecule has 0 fully saturated rings. The second-order valence-electron chi connectivity index (χ2n) is 6.15. The number of fused-ring (bicyclic) bond motifs is 1. The summed E-state index contributed by atoms with van der Waals surface area (Å²) in [7, 11) is -4.32. The molecule has 0 saturated heterocycles. The van der Waals surface area contributed by atoms with E-state index in [-0.39, 0.29) is 22.9 Å². The van der Waals surface area contributed by atoms with Gasteiger partial charge in [-0.15, -0.1) is 0 Å². The molecule has 0 aliphatic rings. The van der Waals surface area contributed by atoms with E-state index in [9.17, 15) is 21.6 Å². The Balaban J connectivity index is 2.58. The third-order valence-electron chi connectivity index (χ3n) is 3.35. The van der Waals surface area contributed by atoms with Crippen molar-refractivity contribution in [1.29, 1.82) is 0 Å². The first-order valence-electron chi connectivity index (χ1n) is 7.43. The number of para-hydroxylation sites is 1. The average Bonchev–Trinajstić information content (AvgIpc) is 2.43. The van der Waals surface area contributed by atoms with Crippen LogP contribution >= 0.6 is 0 Å². The first-order valence-corrected chi connectivity index (χ1v) is 8.87. The Hall–Kier alpha value is -1.67. The molecule has 8 heteroatoms. The Kier molecular flexibility index (Phi) is 5.19. The molecule has 0 unspecified atom stereocenters. The number of rotatable bonds is 5. The van der Waals surface area contributed by atoms with Crippen molar-refractivity contribution in [3.63, 3.8) is 0 Å². The Morgan fingerprint density at radius 1 is 1.25 bits per heavy atom. The van der Waals surface area contributed by atoms with Gasteiger partial charge in [0.1, 0.15) is 11.4 Å². The van der Waals surface area contributed by atoms with Crippen LogP contribution in [0, 0.1) is 12.8 Å². The van der Waals surface area contributed by atoms with Crippen LogP contribution in [0.3, 0.4) is 0 Å². The van der Waals surface area contributed by atoms with Crippen LogP contribution in [-0.4, -0.2) is 37.0 Å². The molecular weight excluding hydrogens is 341 g/mol. The van der Waals surface area contributed by atoms with Gasteiger partial charge in [-0.2, -0.15) is 17.5 Å². The molecule has 0 saturated carbocycles. The molecule has 0 aliphatic heterocycles. The number of halogens is 3. The largest absolute Gasteiger partial charge is 0.402 e. The van der Waals surface area contributed by atoms with Crippen LogP contribution in [-0.2, 0) is 10.0 Å². The summed E-state index contributed by atoms with van der Waals surface area (Å²) in [5.41, 5.74) is 1.02. The van der Waals surface area contributed by atoms with Gasteiger partial charge in [0.2, 0.25) is 10.0 Å². The maximum Gasteiger partial charge on any atom is 0.402 e. The van der Waals surface area contributed by atoms with Crippen LogP contribution in [0.2, 0.25) is 0 Å². The summed E-state index contributed by atoms with van der Waals surface area (Å²) in [6, 6.07) is 6.24. The van der Waals surface area contributed by atoms with Gasteiger partial charge in [0.05, 0.1) is 5.52 Å². The van der Waals surface area contributed by atoms with Crippen molar-refractivity contribution in [2.45, 2.75) is 31.8 Å². The fourth-order valence-electron chi connectivity index (χ4n) is 2.44. The molecule has 1 heterocycles. The lowest BCUT2D eigenvalue weighted by Crippen LogP contribution is -2.41. The minimum absolute atomic E-state index is 0.180. The summed E-state index contributed by atoms with van der Waals surface area (Å²) in [6.07, 6.45) is -3.12. The zero-order valence-corrected chi connectivity index (χ0v) is 14.4. The molecule has 1 aromatic heterocycles. The van der Waals surface area contributed by atoms with Gasteiger partial charge in [-0.1, -0.05) is 26.0 Å². The van der Waals surface area contributed by atoms with Crippen molar-refractivity contribution in [3.8, 4) is 0 Å². The van der Waals surface area contributed by atoms with Crippen molar-refractivity contribution >= 4 is 20.9 Å². The topological polar surface area (TPSA) is 50.3 Å². The minimum atomic E-state index is -4.61. The average molecular weight is 360 g/mol. The molecule has 132 valence electrons. The number of nitrogens with zero attached hydrogens (tertiary/aromatic N) is 2. The van der Waals surface area contributed by atoms with E-state index in [2.05, 4.69) is 4.98 Å². The third kappa shape index (κ3) is 4.24. The standard InChI is InChI=1S/C16H19F3N2O2S/c1-11(2)9-21(10-16(17,18)19)24(22,23)14-6-4-5-13-7-12(3)8-20-15(13)14/h4-8,11H,9-10H2,1-3H3. The van der Waals surface area contributed by atoms with E-state index in [1.165, 1.54) is 18.3 Å². The Morgan fingerprint density at radius 3 is 2.50 bits per heavy atom. The monoisotopic (exact) mass is 360 g/mol. The van der Waals surface area contributed by atoms with E-state index >= 15 is 0 Å². The number of pyridine rings is 1. The molecule has 0 N–H and O–H groups in total. The molecule has 0 spiro atoms. The molecule has 2 rings (SSSR count). The molecule has 24 heavy (non-hydrogen) atoms. The lowest BCUT2D eigenvalue weighted by atomic mass is 10.2. The van der Waals surface area contributed by atoms with Gasteiger partial charge >= 0.3 is 6.18 Å². The van der Waals surface area contributed by atoms with Gasteiger partial charge in [0.15, 0.2) is 0 Å². The highest BCUT2D eigenvalue weighted by molar-refractivity contribution is 7.89. The predicted octanol–water partition coefficient (Wildman–Crippen LogP) is 3.75. The number of sulfonamides is 1. The summed E-state index contributed by atoms with van der Waals surface area (Å²) in [4.78, 5) is 3.91. The predicted molar refractivity (Wildman–Crippen MR) is 86.1 cm³/mol.